The number of anilines is 3. The minimum atomic E-state index is -0.199. The fraction of sp³-hybridized carbons (Fsp3) is 0.412. The maximum atomic E-state index is 8.67. The quantitative estimate of drug-likeness (QED) is 0.592. The number of hydrogen-bond acceptors (Lipinski definition) is 8. The Balaban J connectivity index is 1.57. The van der Waals surface area contributed by atoms with Gasteiger partial charge in [-0.2, -0.15) is 0 Å². The van der Waals surface area contributed by atoms with Crippen molar-refractivity contribution in [2.24, 2.45) is 5.92 Å². The van der Waals surface area contributed by atoms with E-state index in [1.807, 2.05) is 6.07 Å². The van der Waals surface area contributed by atoms with Crippen LogP contribution in [0.5, 0.6) is 0 Å². The molecule has 0 aliphatic carbocycles. The summed E-state index contributed by atoms with van der Waals surface area (Å²) in [5, 5.41) is 18.5. The molecule has 1 saturated heterocycles. The van der Waals surface area contributed by atoms with E-state index in [0.29, 0.717) is 23.2 Å². The molecule has 8 heteroatoms. The van der Waals surface area contributed by atoms with Crippen molar-refractivity contribution in [2.75, 3.05) is 36.9 Å². The summed E-state index contributed by atoms with van der Waals surface area (Å²) in [6, 6.07) is 1.85. The highest BCUT2D eigenvalue weighted by Crippen LogP contribution is 2.16. The molecule has 1 aliphatic heterocycles. The second-order valence-electron chi connectivity index (χ2n) is 5.73. The number of nitrogens with zero attached hydrogens (tertiary/aromatic N) is 4. The molecule has 0 saturated carbocycles. The predicted molar refractivity (Wildman–Crippen MR) is 95.4 cm³/mol. The summed E-state index contributed by atoms with van der Waals surface area (Å²) in [5.74, 6) is 7.90. The van der Waals surface area contributed by atoms with Gasteiger partial charge in [-0.05, 0) is 37.8 Å². The van der Waals surface area contributed by atoms with Crippen LogP contribution in [-0.4, -0.2) is 51.3 Å². The first-order valence-corrected chi connectivity index (χ1v) is 8.29. The van der Waals surface area contributed by atoms with Crippen molar-refractivity contribution >= 4 is 17.5 Å². The van der Waals surface area contributed by atoms with Crippen molar-refractivity contribution in [3.05, 3.63) is 30.5 Å². The smallest absolute Gasteiger partial charge is 0.150 e. The minimum Gasteiger partial charge on any atom is -0.384 e. The van der Waals surface area contributed by atoms with Crippen molar-refractivity contribution in [1.29, 1.82) is 0 Å². The van der Waals surface area contributed by atoms with E-state index < -0.39 is 0 Å². The molecule has 2 aromatic heterocycles. The molecule has 0 unspecified atom stereocenters. The van der Waals surface area contributed by atoms with E-state index in [1.165, 1.54) is 19.2 Å². The van der Waals surface area contributed by atoms with Crippen LogP contribution in [0.2, 0.25) is 0 Å². The van der Waals surface area contributed by atoms with Gasteiger partial charge in [0.15, 0.2) is 0 Å². The number of hydrogen-bond donors (Lipinski definition) is 4. The zero-order chi connectivity index (χ0) is 17.3. The Morgan fingerprint density at radius 2 is 1.92 bits per heavy atom. The Morgan fingerprint density at radius 3 is 2.68 bits per heavy atom. The number of aliphatic hydroxyl groups excluding tert-OH is 1. The van der Waals surface area contributed by atoms with Gasteiger partial charge in [-0.3, -0.25) is 0 Å². The van der Waals surface area contributed by atoms with Crippen LogP contribution < -0.4 is 16.0 Å². The number of rotatable bonds is 5. The van der Waals surface area contributed by atoms with E-state index in [2.05, 4.69) is 47.7 Å². The topological polar surface area (TPSA) is 108 Å². The Hall–Kier alpha value is -2.76. The molecule has 0 atom stereocenters. The molecule has 0 bridgehead atoms. The van der Waals surface area contributed by atoms with Crippen molar-refractivity contribution in [3.63, 3.8) is 0 Å². The van der Waals surface area contributed by atoms with Gasteiger partial charge in [0.05, 0.1) is 12.4 Å². The first kappa shape index (κ1) is 17.1. The summed E-state index contributed by atoms with van der Waals surface area (Å²) >= 11 is 0. The third-order valence-corrected chi connectivity index (χ3v) is 3.90. The SMILES string of the molecule is OCC#Cc1cnc(Nc2cc(NCC3CCNCC3)ncn2)cn1. The van der Waals surface area contributed by atoms with Gasteiger partial charge in [0.25, 0.3) is 0 Å². The highest BCUT2D eigenvalue weighted by Gasteiger charge is 2.12. The van der Waals surface area contributed by atoms with Crippen LogP contribution in [0.15, 0.2) is 24.8 Å². The molecule has 8 nitrogen and oxygen atoms in total. The van der Waals surface area contributed by atoms with Gasteiger partial charge < -0.3 is 21.1 Å². The van der Waals surface area contributed by atoms with Crippen molar-refractivity contribution in [1.82, 2.24) is 25.3 Å². The Morgan fingerprint density at radius 1 is 1.08 bits per heavy atom. The third-order valence-electron chi connectivity index (χ3n) is 3.90. The number of aliphatic hydroxyl groups is 1. The standard InChI is InChI=1S/C17H21N7O/c25-7-1-2-14-10-21-17(11-19-14)24-16-8-15(22-12-23-16)20-9-13-3-5-18-6-4-13/h8,10-13,18,25H,3-7,9H2,(H2,20,21,22,23,24). The first-order chi connectivity index (χ1) is 12.3. The normalized spacial score (nSPS) is 14.4. The van der Waals surface area contributed by atoms with Crippen LogP contribution in [0.3, 0.4) is 0 Å². The molecule has 130 valence electrons. The molecular formula is C17H21N7O. The lowest BCUT2D eigenvalue weighted by atomic mass is 9.98. The van der Waals surface area contributed by atoms with Crippen molar-refractivity contribution < 1.29 is 5.11 Å². The second-order valence-corrected chi connectivity index (χ2v) is 5.73. The van der Waals surface area contributed by atoms with Gasteiger partial charge >= 0.3 is 0 Å². The van der Waals surface area contributed by atoms with E-state index in [9.17, 15) is 0 Å². The van der Waals surface area contributed by atoms with Crippen LogP contribution >= 0.6 is 0 Å². The average Bonchev–Trinajstić information content (AvgIpc) is 2.67. The lowest BCUT2D eigenvalue weighted by Crippen LogP contribution is -2.31. The van der Waals surface area contributed by atoms with Gasteiger partial charge in [0.1, 0.15) is 36.1 Å². The first-order valence-electron chi connectivity index (χ1n) is 8.29. The molecule has 0 aromatic carbocycles. The summed E-state index contributed by atoms with van der Waals surface area (Å²) in [5.41, 5.74) is 0.506. The maximum Gasteiger partial charge on any atom is 0.150 e. The average molecular weight is 339 g/mol. The van der Waals surface area contributed by atoms with Crippen LogP contribution in [0.4, 0.5) is 17.5 Å². The van der Waals surface area contributed by atoms with E-state index in [-0.39, 0.29) is 6.61 Å². The molecule has 0 radical (unpaired) electrons. The molecule has 1 fully saturated rings. The van der Waals surface area contributed by atoms with E-state index >= 15 is 0 Å². The Labute approximate surface area is 146 Å². The van der Waals surface area contributed by atoms with E-state index in [0.717, 1.165) is 25.5 Å². The van der Waals surface area contributed by atoms with Crippen LogP contribution in [0, 0.1) is 17.8 Å². The molecule has 3 heterocycles. The number of nitrogens with one attached hydrogen (secondary N) is 3. The predicted octanol–water partition coefficient (Wildman–Crippen LogP) is 0.765. The number of aromatic nitrogens is 4. The zero-order valence-corrected chi connectivity index (χ0v) is 13.9. The highest BCUT2D eigenvalue weighted by molar-refractivity contribution is 5.55. The summed E-state index contributed by atoms with van der Waals surface area (Å²) in [6.45, 7) is 2.88. The maximum absolute atomic E-state index is 8.67. The summed E-state index contributed by atoms with van der Waals surface area (Å²) < 4.78 is 0. The summed E-state index contributed by atoms with van der Waals surface area (Å²) in [7, 11) is 0. The molecule has 25 heavy (non-hydrogen) atoms. The van der Waals surface area contributed by atoms with Crippen LogP contribution in [0.25, 0.3) is 0 Å². The number of piperidine rings is 1. The molecular weight excluding hydrogens is 318 g/mol. The van der Waals surface area contributed by atoms with Crippen LogP contribution in [-0.2, 0) is 0 Å². The second kappa shape index (κ2) is 8.92. The lowest BCUT2D eigenvalue weighted by molar-refractivity contribution is 0.350. The molecule has 0 amide bonds. The largest absolute Gasteiger partial charge is 0.384 e. The molecule has 1 aliphatic rings. The fourth-order valence-electron chi connectivity index (χ4n) is 2.58. The Bertz CT molecular complexity index is 733. The molecule has 2 aromatic rings. The zero-order valence-electron chi connectivity index (χ0n) is 13.9. The van der Waals surface area contributed by atoms with E-state index in [4.69, 9.17) is 5.11 Å². The summed E-state index contributed by atoms with van der Waals surface area (Å²) in [4.78, 5) is 16.8. The highest BCUT2D eigenvalue weighted by atomic mass is 16.2. The van der Waals surface area contributed by atoms with Gasteiger partial charge in [0.2, 0.25) is 0 Å². The fourth-order valence-corrected chi connectivity index (χ4v) is 2.58. The lowest BCUT2D eigenvalue weighted by Gasteiger charge is -2.22. The summed E-state index contributed by atoms with van der Waals surface area (Å²) in [6.07, 6.45) is 7.00. The van der Waals surface area contributed by atoms with Crippen LogP contribution in [0.1, 0.15) is 18.5 Å². The molecule has 4 N–H and O–H groups in total. The molecule has 3 rings (SSSR count). The molecule has 0 spiro atoms. The van der Waals surface area contributed by atoms with Gasteiger partial charge in [-0.1, -0.05) is 5.92 Å². The van der Waals surface area contributed by atoms with Gasteiger partial charge in [0, 0.05) is 12.6 Å². The van der Waals surface area contributed by atoms with Crippen molar-refractivity contribution in [2.45, 2.75) is 12.8 Å². The van der Waals surface area contributed by atoms with Crippen molar-refractivity contribution in [3.8, 4) is 11.8 Å². The van der Waals surface area contributed by atoms with Gasteiger partial charge in [-0.15, -0.1) is 0 Å². The minimum absolute atomic E-state index is 0.199. The van der Waals surface area contributed by atoms with E-state index in [1.54, 1.807) is 12.4 Å². The van der Waals surface area contributed by atoms with Gasteiger partial charge in [-0.25, -0.2) is 19.9 Å². The monoisotopic (exact) mass is 339 g/mol. The third kappa shape index (κ3) is 5.38. The Kier molecular flexibility index (Phi) is 6.09.